The van der Waals surface area contributed by atoms with E-state index in [-0.39, 0.29) is 11.0 Å². The minimum Gasteiger partial charge on any atom is -0.356 e. The zero-order chi connectivity index (χ0) is 26.0. The third-order valence-electron chi connectivity index (χ3n) is 5.18. The molecular weight excluding hydrogens is 504 g/mol. The molecule has 37 heavy (non-hydrogen) atoms. The Bertz CT molecular complexity index is 1440. The zero-order valence-corrected chi connectivity index (χ0v) is 21.1. The highest BCUT2D eigenvalue weighted by molar-refractivity contribution is 7.80. The van der Waals surface area contributed by atoms with E-state index in [0.29, 0.717) is 27.5 Å². The van der Waals surface area contributed by atoms with E-state index in [1.54, 1.807) is 42.5 Å². The average Bonchev–Trinajstić information content (AvgIpc) is 2.90. The van der Waals surface area contributed by atoms with Crippen LogP contribution in [-0.4, -0.2) is 16.9 Å². The van der Waals surface area contributed by atoms with Gasteiger partial charge in [0.1, 0.15) is 0 Å². The number of carbonyl (C=O) groups excluding carboxylic acids is 2. The first-order valence-electron chi connectivity index (χ1n) is 11.3. The van der Waals surface area contributed by atoms with Gasteiger partial charge < -0.3 is 16.0 Å². The van der Waals surface area contributed by atoms with Crippen molar-refractivity contribution >= 4 is 69.6 Å². The van der Waals surface area contributed by atoms with Crippen LogP contribution < -0.4 is 21.3 Å². The molecule has 0 atom stereocenters. The molecule has 184 valence electrons. The van der Waals surface area contributed by atoms with Crippen LogP contribution >= 0.6 is 23.8 Å². The van der Waals surface area contributed by atoms with Gasteiger partial charge in [0.25, 0.3) is 5.91 Å². The molecule has 0 spiro atoms. The lowest BCUT2D eigenvalue weighted by molar-refractivity contribution is -0.115. The highest BCUT2D eigenvalue weighted by Crippen LogP contribution is 2.21. The molecule has 4 rings (SSSR count). The number of carbonyl (C=O) groups is 2. The van der Waals surface area contributed by atoms with Crippen LogP contribution in [0.5, 0.6) is 0 Å². The molecule has 4 aromatic rings. The second-order valence-electron chi connectivity index (χ2n) is 7.87. The SMILES string of the molecule is O=C(/C=C/c1ccccc1Cl)NC(=S)Nc1ccccc1C(=O)Nc1ccc(Nc2ccccc2)cc1. The lowest BCUT2D eigenvalue weighted by Crippen LogP contribution is -2.33. The Labute approximate surface area is 225 Å². The topological polar surface area (TPSA) is 82.3 Å². The van der Waals surface area contributed by atoms with E-state index in [2.05, 4.69) is 21.3 Å². The largest absolute Gasteiger partial charge is 0.356 e. The van der Waals surface area contributed by atoms with E-state index >= 15 is 0 Å². The average molecular weight is 527 g/mol. The van der Waals surface area contributed by atoms with Crippen LogP contribution in [0.2, 0.25) is 5.02 Å². The first-order valence-corrected chi connectivity index (χ1v) is 12.1. The van der Waals surface area contributed by atoms with E-state index in [9.17, 15) is 9.59 Å². The molecule has 8 heteroatoms. The molecule has 4 N–H and O–H groups in total. The number of nitrogens with one attached hydrogen (secondary N) is 4. The van der Waals surface area contributed by atoms with Gasteiger partial charge in [-0.25, -0.2) is 0 Å². The Morgan fingerprint density at radius 1 is 0.703 bits per heavy atom. The van der Waals surface area contributed by atoms with Crippen LogP contribution in [0, 0.1) is 0 Å². The molecule has 4 aromatic carbocycles. The molecule has 0 saturated heterocycles. The first-order chi connectivity index (χ1) is 18.0. The summed E-state index contributed by atoms with van der Waals surface area (Å²) in [6.07, 6.45) is 2.94. The zero-order valence-electron chi connectivity index (χ0n) is 19.6. The maximum Gasteiger partial charge on any atom is 0.257 e. The van der Waals surface area contributed by atoms with Gasteiger partial charge in [0.05, 0.1) is 11.3 Å². The van der Waals surface area contributed by atoms with Gasteiger partial charge in [0.2, 0.25) is 5.91 Å². The van der Waals surface area contributed by atoms with Crippen molar-refractivity contribution in [3.8, 4) is 0 Å². The number of halogens is 1. The molecule has 0 bridgehead atoms. The summed E-state index contributed by atoms with van der Waals surface area (Å²) in [7, 11) is 0. The van der Waals surface area contributed by atoms with Gasteiger partial charge in [-0.3, -0.25) is 14.9 Å². The Balaban J connectivity index is 1.36. The number of rotatable bonds is 7. The fourth-order valence-corrected chi connectivity index (χ4v) is 3.81. The van der Waals surface area contributed by atoms with Gasteiger partial charge in [-0.15, -0.1) is 0 Å². The van der Waals surface area contributed by atoms with Crippen molar-refractivity contribution in [3.05, 3.63) is 125 Å². The molecule has 0 aliphatic rings. The number of amides is 2. The van der Waals surface area contributed by atoms with Gasteiger partial charge in [0, 0.05) is 28.2 Å². The quantitative estimate of drug-likeness (QED) is 0.156. The van der Waals surface area contributed by atoms with E-state index in [1.807, 2.05) is 66.7 Å². The van der Waals surface area contributed by atoms with E-state index in [4.69, 9.17) is 23.8 Å². The summed E-state index contributed by atoms with van der Waals surface area (Å²) in [5, 5.41) is 12.3. The third-order valence-corrected chi connectivity index (χ3v) is 5.73. The normalized spacial score (nSPS) is 10.5. The molecule has 0 radical (unpaired) electrons. The Hall–Kier alpha value is -4.46. The van der Waals surface area contributed by atoms with Crippen LogP contribution in [0.25, 0.3) is 6.08 Å². The van der Waals surface area contributed by atoms with Gasteiger partial charge >= 0.3 is 0 Å². The highest BCUT2D eigenvalue weighted by Gasteiger charge is 2.13. The van der Waals surface area contributed by atoms with Gasteiger partial charge in [-0.1, -0.05) is 60.1 Å². The van der Waals surface area contributed by atoms with Crippen molar-refractivity contribution in [2.75, 3.05) is 16.0 Å². The highest BCUT2D eigenvalue weighted by atomic mass is 35.5. The molecular formula is C29H23ClN4O2S. The second kappa shape index (κ2) is 12.5. The smallest absolute Gasteiger partial charge is 0.257 e. The molecule has 6 nitrogen and oxygen atoms in total. The minimum absolute atomic E-state index is 0.0606. The van der Waals surface area contributed by atoms with Crippen LogP contribution in [0.4, 0.5) is 22.7 Å². The predicted octanol–water partition coefficient (Wildman–Crippen LogP) is 6.86. The van der Waals surface area contributed by atoms with E-state index in [0.717, 1.165) is 11.4 Å². The van der Waals surface area contributed by atoms with Gasteiger partial charge in [-0.2, -0.15) is 0 Å². The lowest BCUT2D eigenvalue weighted by Gasteiger charge is -2.13. The van der Waals surface area contributed by atoms with E-state index < -0.39 is 5.91 Å². The van der Waals surface area contributed by atoms with Crippen molar-refractivity contribution in [2.24, 2.45) is 0 Å². The number of benzene rings is 4. The number of anilines is 4. The van der Waals surface area contributed by atoms with Crippen LogP contribution in [0.15, 0.2) is 109 Å². The summed E-state index contributed by atoms with van der Waals surface area (Å²) in [5.74, 6) is -0.747. The fourth-order valence-electron chi connectivity index (χ4n) is 3.40. The third kappa shape index (κ3) is 7.51. The van der Waals surface area contributed by atoms with Gasteiger partial charge in [0.15, 0.2) is 5.11 Å². The Kier molecular flexibility index (Phi) is 8.65. The van der Waals surface area contributed by atoms with Crippen molar-refractivity contribution in [1.82, 2.24) is 5.32 Å². The number of thiocarbonyl (C=S) groups is 1. The number of hydrogen-bond donors (Lipinski definition) is 4. The molecule has 0 aliphatic heterocycles. The second-order valence-corrected chi connectivity index (χ2v) is 8.68. The van der Waals surface area contributed by atoms with E-state index in [1.165, 1.54) is 6.08 Å². The summed E-state index contributed by atoms with van der Waals surface area (Å²) in [4.78, 5) is 25.3. The minimum atomic E-state index is -0.427. The molecule has 0 fully saturated rings. The maximum absolute atomic E-state index is 13.0. The molecule has 0 unspecified atom stereocenters. The molecule has 0 saturated carbocycles. The standard InChI is InChI=1S/C29H23ClN4O2S/c30-25-12-6-4-8-20(25)14-19-27(35)34-29(37)33-26-13-7-5-11-24(26)28(36)32-23-17-15-22(16-18-23)31-21-9-2-1-3-10-21/h1-19,31H,(H,32,36)(H2,33,34,35,37)/b19-14+. The molecule has 0 heterocycles. The fraction of sp³-hybridized carbons (Fsp3) is 0. The number of para-hydroxylation sites is 2. The van der Waals surface area contributed by atoms with Crippen LogP contribution in [-0.2, 0) is 4.79 Å². The first kappa shape index (κ1) is 25.6. The predicted molar refractivity (Wildman–Crippen MR) is 155 cm³/mol. The van der Waals surface area contributed by atoms with Crippen LogP contribution in [0.1, 0.15) is 15.9 Å². The summed E-state index contributed by atoms with van der Waals surface area (Å²) in [6.45, 7) is 0. The van der Waals surface area contributed by atoms with Crippen molar-refractivity contribution in [3.63, 3.8) is 0 Å². The Morgan fingerprint density at radius 2 is 1.32 bits per heavy atom. The van der Waals surface area contributed by atoms with Crippen LogP contribution in [0.3, 0.4) is 0 Å². The van der Waals surface area contributed by atoms with Crippen molar-refractivity contribution < 1.29 is 9.59 Å². The Morgan fingerprint density at radius 3 is 2.08 bits per heavy atom. The number of hydrogen-bond acceptors (Lipinski definition) is 4. The summed E-state index contributed by atoms with van der Waals surface area (Å²) >= 11 is 11.4. The summed E-state index contributed by atoms with van der Waals surface area (Å²) in [5.41, 5.74) is 4.06. The monoisotopic (exact) mass is 526 g/mol. The van der Waals surface area contributed by atoms with Gasteiger partial charge in [-0.05, 0) is 78.5 Å². The summed E-state index contributed by atoms with van der Waals surface area (Å²) < 4.78 is 0. The van der Waals surface area contributed by atoms with Crippen molar-refractivity contribution in [1.29, 1.82) is 0 Å². The maximum atomic E-state index is 13.0. The molecule has 0 aromatic heterocycles. The molecule has 0 aliphatic carbocycles. The molecule has 2 amide bonds. The lowest BCUT2D eigenvalue weighted by atomic mass is 10.1. The van der Waals surface area contributed by atoms with Crippen molar-refractivity contribution in [2.45, 2.75) is 0 Å². The summed E-state index contributed by atoms with van der Waals surface area (Å²) in [6, 6.07) is 31.3.